The molecule has 0 aromatic carbocycles. The molecule has 0 radical (unpaired) electrons. The van der Waals surface area contributed by atoms with Gasteiger partial charge in [0, 0.05) is 24.2 Å². The maximum atomic E-state index is 5.66. The zero-order chi connectivity index (χ0) is 13.2. The van der Waals surface area contributed by atoms with Crippen molar-refractivity contribution in [2.45, 2.75) is 57.7 Å². The van der Waals surface area contributed by atoms with Gasteiger partial charge in [-0.3, -0.25) is 0 Å². The topological polar surface area (TPSA) is 130 Å². The van der Waals surface area contributed by atoms with Crippen molar-refractivity contribution in [1.82, 2.24) is 0 Å². The van der Waals surface area contributed by atoms with Gasteiger partial charge in [-0.05, 0) is 39.7 Å². The van der Waals surface area contributed by atoms with E-state index in [9.17, 15) is 0 Å². The molecular formula is C11H31N5. The van der Waals surface area contributed by atoms with Crippen LogP contribution < -0.4 is 28.7 Å². The summed E-state index contributed by atoms with van der Waals surface area (Å²) in [5.41, 5.74) is 26.4. The maximum Gasteiger partial charge on any atom is 0.0306 e. The summed E-state index contributed by atoms with van der Waals surface area (Å²) in [7, 11) is 0. The normalized spacial score (nSPS) is 19.5. The fourth-order valence-electron chi connectivity index (χ4n) is 0.600. The Bertz CT molecular complexity index is 141. The molecule has 10 N–H and O–H groups in total. The van der Waals surface area contributed by atoms with Crippen LogP contribution in [0.2, 0.25) is 0 Å². The summed E-state index contributed by atoms with van der Waals surface area (Å²) < 4.78 is 0. The summed E-state index contributed by atoms with van der Waals surface area (Å²) in [6.07, 6.45) is 3.33. The van der Waals surface area contributed by atoms with Gasteiger partial charge in [0.25, 0.3) is 0 Å². The number of hydrogen-bond acceptors (Lipinski definition) is 5. The van der Waals surface area contributed by atoms with Crippen molar-refractivity contribution in [3.05, 3.63) is 0 Å². The number of nitrogens with two attached hydrogens (primary N) is 5. The highest BCUT2D eigenvalue weighted by Gasteiger charge is 2.41. The molecule has 1 saturated carbocycles. The Hall–Kier alpha value is -0.200. The van der Waals surface area contributed by atoms with Gasteiger partial charge in [0.1, 0.15) is 0 Å². The zero-order valence-electron chi connectivity index (χ0n) is 11.1. The third kappa shape index (κ3) is 11.9. The van der Waals surface area contributed by atoms with Crippen molar-refractivity contribution in [1.29, 1.82) is 0 Å². The lowest BCUT2D eigenvalue weighted by atomic mass is 10.1. The lowest BCUT2D eigenvalue weighted by Crippen LogP contribution is -2.41. The van der Waals surface area contributed by atoms with E-state index in [-0.39, 0.29) is 17.6 Å². The molecule has 0 aromatic rings. The highest BCUT2D eigenvalue weighted by molar-refractivity contribution is 5.04. The van der Waals surface area contributed by atoms with Gasteiger partial charge in [-0.2, -0.15) is 0 Å². The van der Waals surface area contributed by atoms with Crippen molar-refractivity contribution < 1.29 is 0 Å². The standard InChI is InChI=1S/C5H12N2.C3H10N2.C3H9N/c1-4(6)5(7)2-3-5;1-3(5)2-4;1-2-3-4/h4H,2-3,6-7H2,1H3;3H,2,4-5H2,1H3;2-4H2,1H3. The molecule has 5 nitrogen and oxygen atoms in total. The molecule has 16 heavy (non-hydrogen) atoms. The van der Waals surface area contributed by atoms with Gasteiger partial charge < -0.3 is 28.7 Å². The van der Waals surface area contributed by atoms with E-state index in [4.69, 9.17) is 28.7 Å². The van der Waals surface area contributed by atoms with Crippen LogP contribution in [0.15, 0.2) is 0 Å². The van der Waals surface area contributed by atoms with Crippen LogP contribution in [0.25, 0.3) is 0 Å². The molecule has 1 aliphatic carbocycles. The minimum absolute atomic E-state index is 0.0278. The van der Waals surface area contributed by atoms with Crippen molar-refractivity contribution >= 4 is 0 Å². The van der Waals surface area contributed by atoms with Crippen LogP contribution in [0.5, 0.6) is 0 Å². The Kier molecular flexibility index (Phi) is 11.3. The number of rotatable bonds is 3. The van der Waals surface area contributed by atoms with E-state index in [1.807, 2.05) is 13.8 Å². The maximum absolute atomic E-state index is 5.66. The fourth-order valence-corrected chi connectivity index (χ4v) is 0.600. The Morgan fingerprint density at radius 1 is 1.12 bits per heavy atom. The summed E-state index contributed by atoms with van der Waals surface area (Å²) >= 11 is 0. The van der Waals surface area contributed by atoms with Crippen LogP contribution in [0.3, 0.4) is 0 Å². The molecule has 1 aliphatic rings. The molecule has 0 aliphatic heterocycles. The summed E-state index contributed by atoms with van der Waals surface area (Å²) in [4.78, 5) is 0. The minimum Gasteiger partial charge on any atom is -0.330 e. The molecule has 5 heteroatoms. The van der Waals surface area contributed by atoms with E-state index >= 15 is 0 Å². The molecule has 0 spiro atoms. The van der Waals surface area contributed by atoms with Gasteiger partial charge in [0.2, 0.25) is 0 Å². The van der Waals surface area contributed by atoms with Crippen LogP contribution in [0, 0.1) is 0 Å². The first kappa shape index (κ1) is 18.2. The molecule has 100 valence electrons. The molecule has 1 rings (SSSR count). The third-order valence-corrected chi connectivity index (χ3v) is 2.39. The van der Waals surface area contributed by atoms with Gasteiger partial charge in [0.05, 0.1) is 0 Å². The smallest absolute Gasteiger partial charge is 0.0306 e. The second-order valence-electron chi connectivity index (χ2n) is 4.52. The SMILES string of the molecule is CC(N)C1(N)CC1.CC(N)CN.CCCN. The van der Waals surface area contributed by atoms with Gasteiger partial charge in [-0.15, -0.1) is 0 Å². The van der Waals surface area contributed by atoms with Crippen molar-refractivity contribution in [2.24, 2.45) is 28.7 Å². The average Bonchev–Trinajstić information content (AvgIpc) is 2.99. The van der Waals surface area contributed by atoms with Crippen LogP contribution in [0.1, 0.15) is 40.0 Å². The quantitative estimate of drug-likeness (QED) is 0.447. The first-order chi connectivity index (χ1) is 7.33. The average molecular weight is 233 g/mol. The first-order valence-electron chi connectivity index (χ1n) is 6.04. The van der Waals surface area contributed by atoms with Gasteiger partial charge in [0.15, 0.2) is 0 Å². The van der Waals surface area contributed by atoms with E-state index in [0.29, 0.717) is 6.54 Å². The summed E-state index contributed by atoms with van der Waals surface area (Å²) in [5, 5.41) is 0. The fraction of sp³-hybridized carbons (Fsp3) is 1.00. The van der Waals surface area contributed by atoms with Crippen LogP contribution in [0.4, 0.5) is 0 Å². The van der Waals surface area contributed by atoms with Crippen LogP contribution in [-0.2, 0) is 0 Å². The second-order valence-corrected chi connectivity index (χ2v) is 4.52. The third-order valence-electron chi connectivity index (χ3n) is 2.39. The second kappa shape index (κ2) is 9.99. The Morgan fingerprint density at radius 3 is 1.44 bits per heavy atom. The monoisotopic (exact) mass is 233 g/mol. The summed E-state index contributed by atoms with van der Waals surface area (Å²) in [6, 6.07) is 0.350. The Morgan fingerprint density at radius 2 is 1.44 bits per heavy atom. The van der Waals surface area contributed by atoms with E-state index in [0.717, 1.165) is 25.8 Å². The highest BCUT2D eigenvalue weighted by atomic mass is 14.9. The molecule has 1 fully saturated rings. The highest BCUT2D eigenvalue weighted by Crippen LogP contribution is 2.34. The van der Waals surface area contributed by atoms with Crippen molar-refractivity contribution in [2.75, 3.05) is 13.1 Å². The van der Waals surface area contributed by atoms with E-state index in [2.05, 4.69) is 6.92 Å². The van der Waals surface area contributed by atoms with Crippen LogP contribution >= 0.6 is 0 Å². The molecule has 0 heterocycles. The predicted molar refractivity (Wildman–Crippen MR) is 71.9 cm³/mol. The molecular weight excluding hydrogens is 202 g/mol. The molecule has 2 unspecified atom stereocenters. The van der Waals surface area contributed by atoms with Gasteiger partial charge in [-0.1, -0.05) is 6.92 Å². The van der Waals surface area contributed by atoms with E-state index in [1.54, 1.807) is 0 Å². The molecule has 0 aromatic heterocycles. The lowest BCUT2D eigenvalue weighted by molar-refractivity contribution is 0.550. The van der Waals surface area contributed by atoms with E-state index in [1.165, 1.54) is 0 Å². The molecule has 0 bridgehead atoms. The van der Waals surface area contributed by atoms with Crippen LogP contribution in [-0.4, -0.2) is 30.7 Å². The Labute approximate surface area is 100 Å². The lowest BCUT2D eigenvalue weighted by Gasteiger charge is -2.11. The Balaban J connectivity index is 0. The van der Waals surface area contributed by atoms with Crippen molar-refractivity contribution in [3.8, 4) is 0 Å². The molecule has 2 atom stereocenters. The predicted octanol–water partition coefficient (Wildman–Crippen LogP) is -0.528. The summed E-state index contributed by atoms with van der Waals surface area (Å²) in [5.74, 6) is 0. The van der Waals surface area contributed by atoms with Gasteiger partial charge >= 0.3 is 0 Å². The zero-order valence-corrected chi connectivity index (χ0v) is 11.1. The summed E-state index contributed by atoms with van der Waals surface area (Å²) in [6.45, 7) is 7.30. The number of hydrogen-bond donors (Lipinski definition) is 5. The first-order valence-corrected chi connectivity index (χ1v) is 6.04. The van der Waals surface area contributed by atoms with Gasteiger partial charge in [-0.25, -0.2) is 0 Å². The largest absolute Gasteiger partial charge is 0.330 e. The van der Waals surface area contributed by atoms with E-state index < -0.39 is 0 Å². The molecule has 0 saturated heterocycles. The van der Waals surface area contributed by atoms with Crippen molar-refractivity contribution in [3.63, 3.8) is 0 Å². The minimum atomic E-state index is 0.0278. The molecule has 0 amide bonds.